The number of carbonyl (C=O) groups excluding carboxylic acids is 4. The number of amides is 3. The molecular weight excluding hydrogens is 775 g/mol. The van der Waals surface area contributed by atoms with Gasteiger partial charge in [-0.2, -0.15) is 0 Å². The smallest absolute Gasteiger partial charge is 0.306 e. The molecule has 62 heavy (non-hydrogen) atoms. The number of aliphatic hydroxyl groups excluding tert-OH is 1. The molecule has 0 heterocycles. The third-order valence-corrected chi connectivity index (χ3v) is 12.5. The minimum absolute atomic E-state index is 0.0273. The lowest BCUT2D eigenvalue weighted by molar-refractivity contribution is -0.151. The van der Waals surface area contributed by atoms with E-state index in [1.165, 1.54) is 128 Å². The first-order valence-corrected chi connectivity index (χ1v) is 26.9. The average Bonchev–Trinajstić information content (AvgIpc) is 3.25. The molecule has 0 saturated heterocycles. The van der Waals surface area contributed by atoms with Crippen LogP contribution in [0.25, 0.3) is 0 Å². The standard InChI is InChI=1S/C53H103N3O6/c1-6-10-14-17-20-23-26-29-33-37-46(5)43-50(58)55-47(45-57)38-36-42-54-53(61)49(40-32-13-9-4)56-51(59)44-48(39-34-30-27-24-21-18-15-11-7-2)62-52(60)41-35-31-28-25-22-19-16-12-8-3/h46-49,57H,6-45H2,1-5H3,(H,54,61)(H,55,58)(H,56,59)/t46-,47-,48-,49+/m1/s1. The van der Waals surface area contributed by atoms with Gasteiger partial charge in [0.05, 0.1) is 19.1 Å². The Morgan fingerprint density at radius 2 is 0.887 bits per heavy atom. The lowest BCUT2D eigenvalue weighted by atomic mass is 9.98. The van der Waals surface area contributed by atoms with Crippen molar-refractivity contribution in [3.8, 4) is 0 Å². The first-order valence-electron chi connectivity index (χ1n) is 26.9. The Balaban J connectivity index is 4.94. The van der Waals surface area contributed by atoms with Gasteiger partial charge in [0.2, 0.25) is 17.7 Å². The normalized spacial score (nSPS) is 13.3. The maximum atomic E-state index is 13.5. The number of unbranched alkanes of at least 4 members (excludes halogenated alkanes) is 26. The molecule has 0 aliphatic carbocycles. The van der Waals surface area contributed by atoms with E-state index in [2.05, 4.69) is 50.6 Å². The van der Waals surface area contributed by atoms with E-state index < -0.39 is 12.1 Å². The van der Waals surface area contributed by atoms with Gasteiger partial charge in [-0.15, -0.1) is 0 Å². The van der Waals surface area contributed by atoms with E-state index in [0.717, 1.165) is 70.6 Å². The largest absolute Gasteiger partial charge is 0.462 e. The molecule has 3 amide bonds. The Bertz CT molecular complexity index is 1040. The van der Waals surface area contributed by atoms with E-state index in [1.54, 1.807) is 0 Å². The van der Waals surface area contributed by atoms with Gasteiger partial charge in [0.1, 0.15) is 12.1 Å². The molecule has 4 atom stereocenters. The molecule has 0 saturated carbocycles. The molecule has 4 N–H and O–H groups in total. The summed E-state index contributed by atoms with van der Waals surface area (Å²) in [6.45, 7) is 11.2. The molecule has 9 heteroatoms. The van der Waals surface area contributed by atoms with Crippen molar-refractivity contribution in [1.82, 2.24) is 16.0 Å². The second-order valence-corrected chi connectivity index (χ2v) is 18.9. The van der Waals surface area contributed by atoms with Gasteiger partial charge in [-0.05, 0) is 44.4 Å². The van der Waals surface area contributed by atoms with E-state index in [1.807, 2.05) is 0 Å². The van der Waals surface area contributed by atoms with Crippen LogP contribution in [0, 0.1) is 5.92 Å². The number of aliphatic hydroxyl groups is 1. The quantitative estimate of drug-likeness (QED) is 0.0355. The predicted molar refractivity (Wildman–Crippen MR) is 261 cm³/mol. The first kappa shape index (κ1) is 59.8. The number of hydrogen-bond donors (Lipinski definition) is 4. The fraction of sp³-hybridized carbons (Fsp3) is 0.925. The maximum Gasteiger partial charge on any atom is 0.306 e. The topological polar surface area (TPSA) is 134 Å². The number of ether oxygens (including phenoxy) is 1. The van der Waals surface area contributed by atoms with Crippen molar-refractivity contribution < 1.29 is 29.0 Å². The summed E-state index contributed by atoms with van der Waals surface area (Å²) in [5, 5.41) is 19.0. The van der Waals surface area contributed by atoms with Crippen molar-refractivity contribution in [2.75, 3.05) is 13.2 Å². The summed E-state index contributed by atoms with van der Waals surface area (Å²) >= 11 is 0. The molecule has 0 fully saturated rings. The fourth-order valence-electron chi connectivity index (χ4n) is 8.44. The number of nitrogens with one attached hydrogen (secondary N) is 3. The van der Waals surface area contributed by atoms with Crippen LogP contribution in [-0.4, -0.2) is 60.1 Å². The molecule has 0 rings (SSSR count). The zero-order chi connectivity index (χ0) is 45.7. The molecular formula is C53H103N3O6. The van der Waals surface area contributed by atoms with Crippen LogP contribution in [0.1, 0.15) is 279 Å². The van der Waals surface area contributed by atoms with E-state index in [0.29, 0.717) is 51.0 Å². The summed E-state index contributed by atoms with van der Waals surface area (Å²) in [6.07, 6.45) is 39.6. The maximum absolute atomic E-state index is 13.5. The second kappa shape index (κ2) is 45.4. The Labute approximate surface area is 383 Å². The van der Waals surface area contributed by atoms with Crippen LogP contribution < -0.4 is 16.0 Å². The molecule has 0 unspecified atom stereocenters. The number of hydrogen-bond acceptors (Lipinski definition) is 6. The van der Waals surface area contributed by atoms with Gasteiger partial charge >= 0.3 is 5.97 Å². The highest BCUT2D eigenvalue weighted by Crippen LogP contribution is 2.18. The van der Waals surface area contributed by atoms with Crippen LogP contribution in [0.3, 0.4) is 0 Å². The van der Waals surface area contributed by atoms with E-state index in [9.17, 15) is 24.3 Å². The highest BCUT2D eigenvalue weighted by Gasteiger charge is 2.24. The summed E-state index contributed by atoms with van der Waals surface area (Å²) < 4.78 is 5.96. The molecule has 0 radical (unpaired) electrons. The molecule has 0 aliphatic heterocycles. The Morgan fingerprint density at radius 3 is 1.39 bits per heavy atom. The van der Waals surface area contributed by atoms with Crippen molar-refractivity contribution in [3.63, 3.8) is 0 Å². The number of rotatable bonds is 47. The molecule has 0 aliphatic rings. The highest BCUT2D eigenvalue weighted by atomic mass is 16.5. The summed E-state index contributed by atoms with van der Waals surface area (Å²) in [6, 6.07) is -1.02. The number of carbonyl (C=O) groups is 4. The first-order chi connectivity index (χ1) is 30.2. The van der Waals surface area contributed by atoms with E-state index in [-0.39, 0.29) is 42.8 Å². The van der Waals surface area contributed by atoms with Gasteiger partial charge in [0.25, 0.3) is 0 Å². The zero-order valence-electron chi connectivity index (χ0n) is 41.6. The second-order valence-electron chi connectivity index (χ2n) is 18.9. The van der Waals surface area contributed by atoms with Gasteiger partial charge in [-0.3, -0.25) is 19.2 Å². The predicted octanol–water partition coefficient (Wildman–Crippen LogP) is 13.5. The highest BCUT2D eigenvalue weighted by molar-refractivity contribution is 5.87. The van der Waals surface area contributed by atoms with Gasteiger partial charge in [0, 0.05) is 19.4 Å². The van der Waals surface area contributed by atoms with Crippen molar-refractivity contribution in [2.45, 2.75) is 297 Å². The molecule has 0 aromatic rings. The summed E-state index contributed by atoms with van der Waals surface area (Å²) in [7, 11) is 0. The van der Waals surface area contributed by atoms with Crippen LogP contribution in [0.4, 0.5) is 0 Å². The van der Waals surface area contributed by atoms with Crippen LogP contribution in [0.2, 0.25) is 0 Å². The van der Waals surface area contributed by atoms with Gasteiger partial charge < -0.3 is 25.8 Å². The third-order valence-electron chi connectivity index (χ3n) is 12.5. The summed E-state index contributed by atoms with van der Waals surface area (Å²) in [5.41, 5.74) is 0. The SMILES string of the molecule is CCCCCCCCCCCC(=O)O[C@H](CCCCCCCCCCC)CC(=O)N[C@@H](CCCCC)C(=O)NCCC[C@H](CO)NC(=O)C[C@H](C)CCCCCCCCCCC. The van der Waals surface area contributed by atoms with Crippen LogP contribution in [0.5, 0.6) is 0 Å². The Kier molecular flexibility index (Phi) is 43.8. The minimum Gasteiger partial charge on any atom is -0.462 e. The van der Waals surface area contributed by atoms with Crippen molar-refractivity contribution in [2.24, 2.45) is 5.92 Å². The Hall–Kier alpha value is -2.16. The third kappa shape index (κ3) is 39.4. The summed E-state index contributed by atoms with van der Waals surface area (Å²) in [5.74, 6) is -0.420. The van der Waals surface area contributed by atoms with Gasteiger partial charge in [-0.1, -0.05) is 221 Å². The van der Waals surface area contributed by atoms with Crippen LogP contribution in [0.15, 0.2) is 0 Å². The van der Waals surface area contributed by atoms with E-state index >= 15 is 0 Å². The van der Waals surface area contributed by atoms with Gasteiger partial charge in [-0.25, -0.2) is 0 Å². The average molecular weight is 878 g/mol. The molecule has 9 nitrogen and oxygen atoms in total. The van der Waals surface area contributed by atoms with Crippen molar-refractivity contribution >= 4 is 23.7 Å². The van der Waals surface area contributed by atoms with Crippen molar-refractivity contribution in [3.05, 3.63) is 0 Å². The van der Waals surface area contributed by atoms with Gasteiger partial charge in [0.15, 0.2) is 0 Å². The van der Waals surface area contributed by atoms with E-state index in [4.69, 9.17) is 4.74 Å². The number of esters is 1. The monoisotopic (exact) mass is 878 g/mol. The molecule has 0 bridgehead atoms. The lowest BCUT2D eigenvalue weighted by Gasteiger charge is -2.22. The molecule has 0 spiro atoms. The minimum atomic E-state index is -0.666. The fourth-order valence-corrected chi connectivity index (χ4v) is 8.44. The zero-order valence-corrected chi connectivity index (χ0v) is 41.6. The molecule has 0 aromatic heterocycles. The van der Waals surface area contributed by atoms with Crippen molar-refractivity contribution in [1.29, 1.82) is 0 Å². The van der Waals surface area contributed by atoms with Crippen LogP contribution >= 0.6 is 0 Å². The van der Waals surface area contributed by atoms with Crippen LogP contribution in [-0.2, 0) is 23.9 Å². The lowest BCUT2D eigenvalue weighted by Crippen LogP contribution is -2.48. The Morgan fingerprint density at radius 1 is 0.468 bits per heavy atom. The molecule has 0 aromatic carbocycles. The molecule has 366 valence electrons. The summed E-state index contributed by atoms with van der Waals surface area (Å²) in [4.78, 5) is 52.7.